The highest BCUT2D eigenvalue weighted by molar-refractivity contribution is 7.80. The molecule has 0 aliphatic heterocycles. The first kappa shape index (κ1) is 20.7. The number of aliphatic carboxylic acids is 1. The van der Waals surface area contributed by atoms with Gasteiger partial charge >= 0.3 is 5.97 Å². The molecule has 0 aromatic rings. The van der Waals surface area contributed by atoms with Crippen LogP contribution >= 0.6 is 12.6 Å². The Kier molecular flexibility index (Phi) is 9.07. The zero-order chi connectivity index (χ0) is 17.4. The maximum Gasteiger partial charge on any atom is 0.327 e. The summed E-state index contributed by atoms with van der Waals surface area (Å²) in [6.07, 6.45) is -0.525. The minimum atomic E-state index is -1.29. The summed E-state index contributed by atoms with van der Waals surface area (Å²) in [5.74, 6) is -2.85. The molecule has 0 rings (SSSR count). The minimum Gasteiger partial charge on any atom is -0.480 e. The van der Waals surface area contributed by atoms with Gasteiger partial charge in [-0.15, -0.1) is 0 Å². The molecule has 0 saturated heterocycles. The van der Waals surface area contributed by atoms with E-state index in [1.54, 1.807) is 6.92 Å². The lowest BCUT2D eigenvalue weighted by atomic mass is 9.98. The lowest BCUT2D eigenvalue weighted by molar-refractivity contribution is -0.142. The summed E-state index contributed by atoms with van der Waals surface area (Å²) in [6, 6.07) is -3.32. The highest BCUT2D eigenvalue weighted by Gasteiger charge is 2.31. The molecule has 0 aromatic heterocycles. The number of hydrogen-bond acceptors (Lipinski definition) is 6. The SMILES string of the molecule is CC[C@H](C)[C@H](N)C(=O)N[C@H](C(=O)N[C@@H](CS)C(=O)O)[C@@H](C)O. The molecule has 0 heterocycles. The van der Waals surface area contributed by atoms with Crippen molar-refractivity contribution in [2.75, 3.05) is 5.75 Å². The zero-order valence-electron chi connectivity index (χ0n) is 12.9. The predicted molar refractivity (Wildman–Crippen MR) is 84.5 cm³/mol. The number of aliphatic hydroxyl groups excluding tert-OH is 1. The van der Waals surface area contributed by atoms with E-state index in [0.717, 1.165) is 0 Å². The van der Waals surface area contributed by atoms with Gasteiger partial charge in [0.2, 0.25) is 11.8 Å². The molecule has 22 heavy (non-hydrogen) atoms. The van der Waals surface area contributed by atoms with E-state index < -0.39 is 42.0 Å². The number of hydrogen-bond donors (Lipinski definition) is 6. The summed E-state index contributed by atoms with van der Waals surface area (Å²) in [7, 11) is 0. The summed E-state index contributed by atoms with van der Waals surface area (Å²) in [5, 5.41) is 23.1. The molecule has 0 unspecified atom stereocenters. The molecule has 0 bridgehead atoms. The van der Waals surface area contributed by atoms with Crippen LogP contribution in [0.15, 0.2) is 0 Å². The number of nitrogens with two attached hydrogens (primary N) is 1. The molecule has 128 valence electrons. The average molecular weight is 335 g/mol. The Balaban J connectivity index is 4.89. The lowest BCUT2D eigenvalue weighted by Gasteiger charge is -2.25. The number of amides is 2. The van der Waals surface area contributed by atoms with E-state index in [4.69, 9.17) is 10.8 Å². The summed E-state index contributed by atoms with van der Waals surface area (Å²) < 4.78 is 0. The smallest absolute Gasteiger partial charge is 0.327 e. The molecular weight excluding hydrogens is 310 g/mol. The van der Waals surface area contributed by atoms with E-state index in [-0.39, 0.29) is 11.7 Å². The Hall–Kier alpha value is -1.32. The van der Waals surface area contributed by atoms with Crippen molar-refractivity contribution >= 4 is 30.4 Å². The first-order valence-corrected chi connectivity index (χ1v) is 7.66. The van der Waals surface area contributed by atoms with Crippen molar-refractivity contribution in [1.82, 2.24) is 10.6 Å². The van der Waals surface area contributed by atoms with Gasteiger partial charge in [0.25, 0.3) is 0 Å². The fraction of sp³-hybridized carbons (Fsp3) is 0.769. The molecule has 0 spiro atoms. The van der Waals surface area contributed by atoms with Crippen molar-refractivity contribution in [3.8, 4) is 0 Å². The Morgan fingerprint density at radius 3 is 2.09 bits per heavy atom. The van der Waals surface area contributed by atoms with Crippen molar-refractivity contribution in [3.63, 3.8) is 0 Å². The second-order valence-electron chi connectivity index (χ2n) is 5.22. The number of carbonyl (C=O) groups is 3. The van der Waals surface area contributed by atoms with Gasteiger partial charge in [0.15, 0.2) is 0 Å². The van der Waals surface area contributed by atoms with Gasteiger partial charge in [0, 0.05) is 5.75 Å². The lowest BCUT2D eigenvalue weighted by Crippen LogP contribution is -2.59. The van der Waals surface area contributed by atoms with E-state index in [1.165, 1.54) is 6.92 Å². The van der Waals surface area contributed by atoms with Crippen molar-refractivity contribution in [1.29, 1.82) is 0 Å². The Morgan fingerprint density at radius 2 is 1.73 bits per heavy atom. The van der Waals surface area contributed by atoms with Gasteiger partial charge in [-0.05, 0) is 12.8 Å². The maximum atomic E-state index is 12.0. The molecule has 2 amide bonds. The van der Waals surface area contributed by atoms with Gasteiger partial charge in [0.1, 0.15) is 12.1 Å². The molecule has 6 N–H and O–H groups in total. The molecule has 0 saturated carbocycles. The van der Waals surface area contributed by atoms with Gasteiger partial charge in [-0.25, -0.2) is 4.79 Å². The normalized spacial score (nSPS) is 17.7. The minimum absolute atomic E-state index is 0.0954. The highest BCUT2D eigenvalue weighted by atomic mass is 32.1. The van der Waals surface area contributed by atoms with Crippen LogP contribution in [0.5, 0.6) is 0 Å². The van der Waals surface area contributed by atoms with Gasteiger partial charge in [0.05, 0.1) is 12.1 Å². The number of nitrogens with one attached hydrogen (secondary N) is 2. The summed E-state index contributed by atoms with van der Waals surface area (Å²) in [5.41, 5.74) is 5.76. The third-order valence-electron chi connectivity index (χ3n) is 3.42. The fourth-order valence-corrected chi connectivity index (χ4v) is 1.86. The summed E-state index contributed by atoms with van der Waals surface area (Å²) in [6.45, 7) is 4.99. The molecule has 8 nitrogen and oxygen atoms in total. The number of carbonyl (C=O) groups excluding carboxylic acids is 2. The second kappa shape index (κ2) is 9.65. The molecule has 0 radical (unpaired) electrons. The average Bonchev–Trinajstić information content (AvgIpc) is 2.47. The Labute approximate surface area is 135 Å². The molecule has 5 atom stereocenters. The van der Waals surface area contributed by atoms with E-state index in [9.17, 15) is 19.5 Å². The zero-order valence-corrected chi connectivity index (χ0v) is 13.8. The molecular formula is C13H25N3O5S. The standard InChI is InChI=1S/C13H25N3O5S/c1-4-6(2)9(14)11(18)16-10(7(3)17)12(19)15-8(5-22)13(20)21/h6-10,17,22H,4-5,14H2,1-3H3,(H,15,19)(H,16,18)(H,20,21)/t6-,7+,8-,9-,10-/m0/s1. The first-order valence-electron chi connectivity index (χ1n) is 7.03. The van der Waals surface area contributed by atoms with E-state index in [0.29, 0.717) is 6.42 Å². The fourth-order valence-electron chi connectivity index (χ4n) is 1.61. The Morgan fingerprint density at radius 1 is 1.18 bits per heavy atom. The highest BCUT2D eigenvalue weighted by Crippen LogP contribution is 2.06. The first-order chi connectivity index (χ1) is 10.1. The molecule has 0 aliphatic carbocycles. The van der Waals surface area contributed by atoms with Crippen LogP contribution in [0.4, 0.5) is 0 Å². The van der Waals surface area contributed by atoms with Gasteiger partial charge in [-0.3, -0.25) is 9.59 Å². The van der Waals surface area contributed by atoms with Crippen LogP contribution in [0.3, 0.4) is 0 Å². The van der Waals surface area contributed by atoms with Crippen molar-refractivity contribution in [2.24, 2.45) is 11.7 Å². The number of rotatable bonds is 9. The second-order valence-corrected chi connectivity index (χ2v) is 5.59. The monoisotopic (exact) mass is 335 g/mol. The molecule has 0 aromatic carbocycles. The third-order valence-corrected chi connectivity index (χ3v) is 3.78. The molecule has 0 fully saturated rings. The van der Waals surface area contributed by atoms with E-state index in [1.807, 2.05) is 6.92 Å². The van der Waals surface area contributed by atoms with Gasteiger partial charge < -0.3 is 26.6 Å². The number of carboxylic acids is 1. The van der Waals surface area contributed by atoms with E-state index in [2.05, 4.69) is 23.3 Å². The number of carboxylic acid groups (broad SMARTS) is 1. The third kappa shape index (κ3) is 6.20. The van der Waals surface area contributed by atoms with Crippen LogP contribution in [0, 0.1) is 5.92 Å². The quantitative estimate of drug-likeness (QED) is 0.290. The van der Waals surface area contributed by atoms with Crippen LogP contribution in [-0.2, 0) is 14.4 Å². The van der Waals surface area contributed by atoms with E-state index >= 15 is 0 Å². The predicted octanol–water partition coefficient (Wildman–Crippen LogP) is -1.28. The summed E-state index contributed by atoms with van der Waals surface area (Å²) in [4.78, 5) is 34.9. The van der Waals surface area contributed by atoms with Crippen LogP contribution in [0.1, 0.15) is 27.2 Å². The number of thiol groups is 1. The Bertz CT molecular complexity index is 405. The maximum absolute atomic E-state index is 12.0. The van der Waals surface area contributed by atoms with Crippen molar-refractivity contribution < 1.29 is 24.6 Å². The van der Waals surface area contributed by atoms with Gasteiger partial charge in [-0.1, -0.05) is 20.3 Å². The topological polar surface area (TPSA) is 142 Å². The summed E-state index contributed by atoms with van der Waals surface area (Å²) >= 11 is 3.83. The molecule has 0 aliphatic rings. The van der Waals surface area contributed by atoms with Crippen LogP contribution in [0.2, 0.25) is 0 Å². The van der Waals surface area contributed by atoms with Crippen molar-refractivity contribution in [3.05, 3.63) is 0 Å². The molecule has 9 heteroatoms. The largest absolute Gasteiger partial charge is 0.480 e. The van der Waals surface area contributed by atoms with Crippen LogP contribution < -0.4 is 16.4 Å². The van der Waals surface area contributed by atoms with Crippen molar-refractivity contribution in [2.45, 2.75) is 51.4 Å². The van der Waals surface area contributed by atoms with Crippen LogP contribution in [-0.4, -0.2) is 58.0 Å². The number of aliphatic hydroxyl groups is 1. The van der Waals surface area contributed by atoms with Crippen LogP contribution in [0.25, 0.3) is 0 Å². The van der Waals surface area contributed by atoms with Gasteiger partial charge in [-0.2, -0.15) is 12.6 Å².